The molecule has 2 aromatic rings. The van der Waals surface area contributed by atoms with Crippen molar-refractivity contribution in [3.8, 4) is 0 Å². The number of anilines is 1. The van der Waals surface area contributed by atoms with E-state index in [1.165, 1.54) is 4.90 Å². The summed E-state index contributed by atoms with van der Waals surface area (Å²) in [6, 6.07) is 13.3. The maximum Gasteiger partial charge on any atom is 0.254 e. The van der Waals surface area contributed by atoms with Crippen LogP contribution in [0.1, 0.15) is 15.9 Å². The van der Waals surface area contributed by atoms with Gasteiger partial charge in [0.15, 0.2) is 0 Å². The van der Waals surface area contributed by atoms with Gasteiger partial charge in [-0.25, -0.2) is 0 Å². The van der Waals surface area contributed by atoms with Crippen molar-refractivity contribution in [2.45, 2.75) is 6.54 Å². The van der Waals surface area contributed by atoms with Crippen LogP contribution in [-0.2, 0) is 16.1 Å². The average Bonchev–Trinajstić information content (AvgIpc) is 2.72. The van der Waals surface area contributed by atoms with E-state index in [2.05, 4.69) is 0 Å². The van der Waals surface area contributed by atoms with E-state index in [0.717, 1.165) is 4.90 Å². The second-order valence-electron chi connectivity index (χ2n) is 5.65. The van der Waals surface area contributed by atoms with Gasteiger partial charge in [-0.05, 0) is 35.9 Å². The van der Waals surface area contributed by atoms with E-state index in [0.29, 0.717) is 21.8 Å². The topological polar surface area (TPSA) is 80.8 Å². The number of hydrogen-bond donors (Lipinski definition) is 0. The van der Waals surface area contributed by atoms with E-state index >= 15 is 0 Å². The van der Waals surface area contributed by atoms with Gasteiger partial charge in [-0.3, -0.25) is 9.59 Å². The molecule has 0 saturated carbocycles. The molecule has 0 saturated heterocycles. The van der Waals surface area contributed by atoms with Crippen LogP contribution in [-0.4, -0.2) is 35.8 Å². The smallest absolute Gasteiger partial charge is 0.254 e. The molecule has 1 aliphatic rings. The summed E-state index contributed by atoms with van der Waals surface area (Å²) in [6.07, 6.45) is 0. The molecular formula is C18H14ClN2O4-. The SMILES string of the molecule is O=C([O-])CN1C(=O)CN(C(=O)c2ccc(Cl)cc2)Cc2ccccc21. The first-order valence-electron chi connectivity index (χ1n) is 7.58. The highest BCUT2D eigenvalue weighted by atomic mass is 35.5. The zero-order chi connectivity index (χ0) is 18.0. The summed E-state index contributed by atoms with van der Waals surface area (Å²) in [4.78, 5) is 38.8. The average molecular weight is 358 g/mol. The van der Waals surface area contributed by atoms with Gasteiger partial charge in [0, 0.05) is 22.8 Å². The van der Waals surface area contributed by atoms with Crippen LogP contribution in [0.15, 0.2) is 48.5 Å². The van der Waals surface area contributed by atoms with E-state index in [1.807, 2.05) is 0 Å². The summed E-state index contributed by atoms with van der Waals surface area (Å²) >= 11 is 5.84. The van der Waals surface area contributed by atoms with Gasteiger partial charge in [0.05, 0.1) is 12.5 Å². The lowest BCUT2D eigenvalue weighted by Crippen LogP contribution is -2.45. The van der Waals surface area contributed by atoms with Crippen LogP contribution < -0.4 is 10.0 Å². The zero-order valence-corrected chi connectivity index (χ0v) is 13.9. The summed E-state index contributed by atoms with van der Waals surface area (Å²) < 4.78 is 0. The van der Waals surface area contributed by atoms with Crippen molar-refractivity contribution in [1.29, 1.82) is 0 Å². The molecule has 0 bridgehead atoms. The van der Waals surface area contributed by atoms with Gasteiger partial charge >= 0.3 is 0 Å². The Balaban J connectivity index is 1.95. The Labute approximate surface area is 149 Å². The van der Waals surface area contributed by atoms with Crippen molar-refractivity contribution in [2.75, 3.05) is 18.0 Å². The van der Waals surface area contributed by atoms with Crippen molar-refractivity contribution in [3.63, 3.8) is 0 Å². The van der Waals surface area contributed by atoms with Crippen LogP contribution in [0.3, 0.4) is 0 Å². The number of para-hydroxylation sites is 1. The molecule has 0 unspecified atom stereocenters. The van der Waals surface area contributed by atoms with E-state index in [4.69, 9.17) is 11.6 Å². The molecule has 1 heterocycles. The molecular weight excluding hydrogens is 344 g/mol. The first kappa shape index (κ1) is 17.0. The molecule has 1 aliphatic heterocycles. The van der Waals surface area contributed by atoms with Gasteiger partial charge in [-0.2, -0.15) is 0 Å². The van der Waals surface area contributed by atoms with Crippen molar-refractivity contribution in [1.82, 2.24) is 4.90 Å². The number of aliphatic carboxylic acids is 1. The number of carboxylic acid groups (broad SMARTS) is 1. The lowest BCUT2D eigenvalue weighted by Gasteiger charge is -2.23. The van der Waals surface area contributed by atoms with Crippen LogP contribution >= 0.6 is 11.6 Å². The monoisotopic (exact) mass is 357 g/mol. The Morgan fingerprint density at radius 2 is 1.72 bits per heavy atom. The minimum absolute atomic E-state index is 0.201. The molecule has 6 nitrogen and oxygen atoms in total. The summed E-state index contributed by atoms with van der Waals surface area (Å²) in [5.41, 5.74) is 1.57. The van der Waals surface area contributed by atoms with Crippen molar-refractivity contribution >= 4 is 35.1 Å². The molecule has 2 aromatic carbocycles. The second-order valence-corrected chi connectivity index (χ2v) is 6.09. The summed E-state index contributed by atoms with van der Waals surface area (Å²) in [7, 11) is 0. The first-order chi connectivity index (χ1) is 12.0. The molecule has 0 spiro atoms. The molecule has 2 amide bonds. The fraction of sp³-hybridized carbons (Fsp3) is 0.167. The van der Waals surface area contributed by atoms with Crippen molar-refractivity contribution < 1.29 is 19.5 Å². The fourth-order valence-electron chi connectivity index (χ4n) is 2.77. The highest BCUT2D eigenvalue weighted by molar-refractivity contribution is 6.30. The lowest BCUT2D eigenvalue weighted by molar-refractivity contribution is -0.303. The molecule has 128 valence electrons. The number of nitrogens with zero attached hydrogens (tertiary/aromatic N) is 2. The maximum atomic E-state index is 12.7. The number of fused-ring (bicyclic) bond motifs is 1. The summed E-state index contributed by atoms with van der Waals surface area (Å²) in [6.45, 7) is -0.574. The Kier molecular flexibility index (Phi) is 4.72. The van der Waals surface area contributed by atoms with Gasteiger partial charge in [0.2, 0.25) is 5.91 Å². The summed E-state index contributed by atoms with van der Waals surface area (Å²) in [5, 5.41) is 11.5. The van der Waals surface area contributed by atoms with Crippen LogP contribution in [0.2, 0.25) is 5.02 Å². The number of hydrogen-bond acceptors (Lipinski definition) is 4. The van der Waals surface area contributed by atoms with Crippen LogP contribution in [0.25, 0.3) is 0 Å². The largest absolute Gasteiger partial charge is 0.548 e. The predicted octanol–water partition coefficient (Wildman–Crippen LogP) is 1.08. The number of benzene rings is 2. The number of carbonyl (C=O) groups is 3. The van der Waals surface area contributed by atoms with Crippen LogP contribution in [0.5, 0.6) is 0 Å². The van der Waals surface area contributed by atoms with Crippen molar-refractivity contribution in [2.24, 2.45) is 0 Å². The Hall–Kier alpha value is -2.86. The second kappa shape index (κ2) is 6.94. The van der Waals surface area contributed by atoms with E-state index < -0.39 is 18.4 Å². The third-order valence-electron chi connectivity index (χ3n) is 3.94. The van der Waals surface area contributed by atoms with E-state index in [1.54, 1.807) is 48.5 Å². The van der Waals surface area contributed by atoms with E-state index in [9.17, 15) is 19.5 Å². The van der Waals surface area contributed by atoms with Crippen LogP contribution in [0, 0.1) is 0 Å². The third kappa shape index (κ3) is 3.64. The van der Waals surface area contributed by atoms with Crippen LogP contribution in [0.4, 0.5) is 5.69 Å². The third-order valence-corrected chi connectivity index (χ3v) is 4.19. The number of rotatable bonds is 3. The minimum atomic E-state index is -1.36. The summed E-state index contributed by atoms with van der Waals surface area (Å²) in [5.74, 6) is -2.16. The fourth-order valence-corrected chi connectivity index (χ4v) is 2.90. The molecule has 0 atom stereocenters. The minimum Gasteiger partial charge on any atom is -0.548 e. The molecule has 0 aromatic heterocycles. The first-order valence-corrected chi connectivity index (χ1v) is 7.96. The van der Waals surface area contributed by atoms with Gasteiger partial charge in [0.1, 0.15) is 6.54 Å². The van der Waals surface area contributed by atoms with Gasteiger partial charge in [0.25, 0.3) is 5.91 Å². The predicted molar refractivity (Wildman–Crippen MR) is 90.0 cm³/mol. The highest BCUT2D eigenvalue weighted by Gasteiger charge is 2.29. The number of amides is 2. The maximum absolute atomic E-state index is 12.7. The molecule has 3 rings (SSSR count). The zero-order valence-electron chi connectivity index (χ0n) is 13.1. The molecule has 0 radical (unpaired) electrons. The molecule has 25 heavy (non-hydrogen) atoms. The van der Waals surface area contributed by atoms with Crippen molar-refractivity contribution in [3.05, 3.63) is 64.7 Å². The van der Waals surface area contributed by atoms with Gasteiger partial charge in [-0.1, -0.05) is 29.8 Å². The van der Waals surface area contributed by atoms with Gasteiger partial charge < -0.3 is 19.7 Å². The number of carboxylic acids is 1. The Morgan fingerprint density at radius 1 is 1.04 bits per heavy atom. The molecule has 0 N–H and O–H groups in total. The standard InChI is InChI=1S/C18H15ClN2O4/c19-14-7-5-12(6-8-14)18(25)20-9-13-3-1-2-4-15(13)21(11-17(23)24)16(22)10-20/h1-8H,9-11H2,(H,23,24)/p-1. The number of carbonyl (C=O) groups excluding carboxylic acids is 3. The molecule has 0 fully saturated rings. The Bertz CT molecular complexity index is 835. The number of halogens is 1. The van der Waals surface area contributed by atoms with E-state index in [-0.39, 0.29) is 19.0 Å². The Morgan fingerprint density at radius 3 is 2.40 bits per heavy atom. The quantitative estimate of drug-likeness (QED) is 0.823. The molecule has 7 heteroatoms. The lowest BCUT2D eigenvalue weighted by atomic mass is 10.1. The highest BCUT2D eigenvalue weighted by Crippen LogP contribution is 2.26. The molecule has 0 aliphatic carbocycles. The van der Waals surface area contributed by atoms with Gasteiger partial charge in [-0.15, -0.1) is 0 Å². The normalized spacial score (nSPS) is 14.0.